The molecule has 0 rings (SSSR count). The molecule has 0 saturated carbocycles. The number of rotatable bonds is 35. The molecule has 0 heterocycles. The quantitative estimate of drug-likeness (QED) is 0.0791. The third-order valence-corrected chi connectivity index (χ3v) is 8.82. The van der Waals surface area contributed by atoms with E-state index in [-0.39, 0.29) is 0 Å². The van der Waals surface area contributed by atoms with Crippen LogP contribution in [0, 0.1) is 0 Å². The summed E-state index contributed by atoms with van der Waals surface area (Å²) in [6.07, 6.45) is 44.3. The van der Waals surface area contributed by atoms with E-state index in [0.717, 1.165) is 6.54 Å². The SMILES string of the molecule is CCCCCCCCCCCCCCCCCCN(CCO)CCCCCCCCCCCCCCCCC. The Balaban J connectivity index is 3.35. The molecule has 0 atom stereocenters. The summed E-state index contributed by atoms with van der Waals surface area (Å²) in [5, 5.41) is 9.46. The maximum Gasteiger partial charge on any atom is 0.0558 e. The second-order valence-corrected chi connectivity index (χ2v) is 12.8. The summed E-state index contributed by atoms with van der Waals surface area (Å²) in [4.78, 5) is 2.52. The monoisotopic (exact) mass is 552 g/mol. The highest BCUT2D eigenvalue weighted by Crippen LogP contribution is 2.15. The maximum atomic E-state index is 9.46. The summed E-state index contributed by atoms with van der Waals surface area (Å²) < 4.78 is 0. The van der Waals surface area contributed by atoms with Gasteiger partial charge in [0.2, 0.25) is 0 Å². The van der Waals surface area contributed by atoms with Gasteiger partial charge < -0.3 is 10.0 Å². The van der Waals surface area contributed by atoms with Crippen LogP contribution in [0.4, 0.5) is 0 Å². The highest BCUT2D eigenvalue weighted by molar-refractivity contribution is 4.59. The summed E-state index contributed by atoms with van der Waals surface area (Å²) in [6, 6.07) is 0. The van der Waals surface area contributed by atoms with Crippen LogP contribution in [0.15, 0.2) is 0 Å². The standard InChI is InChI=1S/C37H77NO/c1-3-5-7-9-11-13-15-17-19-21-23-25-27-29-31-33-35-38(36-37-39)34-32-30-28-26-24-22-20-18-16-14-12-10-8-6-4-2/h39H,3-37H2,1-2H3. The summed E-state index contributed by atoms with van der Waals surface area (Å²) in [5.74, 6) is 0. The van der Waals surface area contributed by atoms with Crippen LogP contribution < -0.4 is 0 Å². The predicted molar refractivity (Wildman–Crippen MR) is 178 cm³/mol. The molecule has 0 bridgehead atoms. The fraction of sp³-hybridized carbons (Fsp3) is 1.00. The van der Waals surface area contributed by atoms with Crippen molar-refractivity contribution in [3.05, 3.63) is 0 Å². The minimum absolute atomic E-state index is 0.317. The lowest BCUT2D eigenvalue weighted by molar-refractivity contribution is 0.190. The first kappa shape index (κ1) is 38.9. The molecule has 2 heteroatoms. The van der Waals surface area contributed by atoms with E-state index in [1.807, 2.05) is 0 Å². The van der Waals surface area contributed by atoms with E-state index >= 15 is 0 Å². The molecule has 39 heavy (non-hydrogen) atoms. The molecule has 0 aliphatic heterocycles. The van der Waals surface area contributed by atoms with Crippen molar-refractivity contribution >= 4 is 0 Å². The van der Waals surface area contributed by atoms with Gasteiger partial charge in [0.15, 0.2) is 0 Å². The third-order valence-electron chi connectivity index (χ3n) is 8.82. The fourth-order valence-electron chi connectivity index (χ4n) is 6.07. The van der Waals surface area contributed by atoms with Crippen LogP contribution in [0.1, 0.15) is 213 Å². The average Bonchev–Trinajstić information content (AvgIpc) is 2.94. The summed E-state index contributed by atoms with van der Waals surface area (Å²) >= 11 is 0. The van der Waals surface area contributed by atoms with Crippen molar-refractivity contribution in [2.24, 2.45) is 0 Å². The zero-order valence-corrected chi connectivity index (χ0v) is 27.6. The number of hydrogen-bond acceptors (Lipinski definition) is 2. The summed E-state index contributed by atoms with van der Waals surface area (Å²) in [6.45, 7) is 8.18. The van der Waals surface area contributed by atoms with Crippen LogP contribution in [0.5, 0.6) is 0 Å². The summed E-state index contributed by atoms with van der Waals surface area (Å²) in [7, 11) is 0. The Morgan fingerprint density at radius 2 is 0.487 bits per heavy atom. The molecule has 0 aromatic carbocycles. The lowest BCUT2D eigenvalue weighted by atomic mass is 10.0. The lowest BCUT2D eigenvalue weighted by Crippen LogP contribution is -2.29. The van der Waals surface area contributed by atoms with Gasteiger partial charge in [0.25, 0.3) is 0 Å². The second-order valence-electron chi connectivity index (χ2n) is 12.8. The van der Waals surface area contributed by atoms with Crippen molar-refractivity contribution in [1.29, 1.82) is 0 Å². The molecule has 0 aliphatic carbocycles. The molecular formula is C37H77NO. The first-order chi connectivity index (χ1) is 19.3. The van der Waals surface area contributed by atoms with Crippen LogP contribution >= 0.6 is 0 Å². The Morgan fingerprint density at radius 3 is 0.692 bits per heavy atom. The average molecular weight is 552 g/mol. The number of aliphatic hydroxyl groups is 1. The minimum Gasteiger partial charge on any atom is -0.395 e. The molecule has 0 radical (unpaired) electrons. The maximum absolute atomic E-state index is 9.46. The van der Waals surface area contributed by atoms with Crippen molar-refractivity contribution in [1.82, 2.24) is 4.90 Å². The van der Waals surface area contributed by atoms with Crippen LogP contribution in [-0.4, -0.2) is 36.2 Å². The van der Waals surface area contributed by atoms with Crippen LogP contribution in [-0.2, 0) is 0 Å². The molecule has 0 amide bonds. The van der Waals surface area contributed by atoms with Crippen molar-refractivity contribution in [2.75, 3.05) is 26.2 Å². The number of nitrogens with zero attached hydrogens (tertiary/aromatic N) is 1. The van der Waals surface area contributed by atoms with Gasteiger partial charge in [-0.2, -0.15) is 0 Å². The first-order valence-electron chi connectivity index (χ1n) is 18.7. The normalized spacial score (nSPS) is 11.7. The third kappa shape index (κ3) is 34.0. The molecule has 0 aliphatic rings. The summed E-state index contributed by atoms with van der Waals surface area (Å²) in [5.41, 5.74) is 0. The molecule has 0 unspecified atom stereocenters. The van der Waals surface area contributed by atoms with E-state index in [9.17, 15) is 5.11 Å². The molecule has 0 aromatic heterocycles. The van der Waals surface area contributed by atoms with Crippen LogP contribution in [0.25, 0.3) is 0 Å². The van der Waals surface area contributed by atoms with E-state index in [0.29, 0.717) is 6.61 Å². The van der Waals surface area contributed by atoms with Crippen LogP contribution in [0.2, 0.25) is 0 Å². The number of aliphatic hydroxyl groups excluding tert-OH is 1. The molecule has 0 fully saturated rings. The lowest BCUT2D eigenvalue weighted by Gasteiger charge is -2.21. The topological polar surface area (TPSA) is 23.5 Å². The minimum atomic E-state index is 0.317. The van der Waals surface area contributed by atoms with Crippen molar-refractivity contribution in [3.63, 3.8) is 0 Å². The molecule has 0 spiro atoms. The van der Waals surface area contributed by atoms with Gasteiger partial charge in [-0.1, -0.05) is 200 Å². The highest BCUT2D eigenvalue weighted by atomic mass is 16.3. The number of unbranched alkanes of at least 4 members (excludes halogenated alkanes) is 29. The molecule has 236 valence electrons. The zero-order chi connectivity index (χ0) is 28.3. The van der Waals surface area contributed by atoms with Crippen molar-refractivity contribution in [3.8, 4) is 0 Å². The van der Waals surface area contributed by atoms with E-state index in [2.05, 4.69) is 18.7 Å². The smallest absolute Gasteiger partial charge is 0.0558 e. The van der Waals surface area contributed by atoms with Gasteiger partial charge in [-0.25, -0.2) is 0 Å². The first-order valence-corrected chi connectivity index (χ1v) is 18.7. The van der Waals surface area contributed by atoms with Gasteiger partial charge in [-0.3, -0.25) is 0 Å². The van der Waals surface area contributed by atoms with Gasteiger partial charge in [0.1, 0.15) is 0 Å². The Labute approximate surface area is 248 Å². The van der Waals surface area contributed by atoms with Crippen LogP contribution in [0.3, 0.4) is 0 Å². The molecule has 0 saturated heterocycles. The van der Waals surface area contributed by atoms with Gasteiger partial charge in [0.05, 0.1) is 6.61 Å². The molecule has 2 nitrogen and oxygen atoms in total. The van der Waals surface area contributed by atoms with Gasteiger partial charge in [-0.15, -0.1) is 0 Å². The largest absolute Gasteiger partial charge is 0.395 e. The highest BCUT2D eigenvalue weighted by Gasteiger charge is 2.04. The number of hydrogen-bond donors (Lipinski definition) is 1. The van der Waals surface area contributed by atoms with E-state index in [4.69, 9.17) is 0 Å². The van der Waals surface area contributed by atoms with E-state index in [1.165, 1.54) is 212 Å². The Bertz CT molecular complexity index is 412. The molecule has 0 aromatic rings. The van der Waals surface area contributed by atoms with Crippen molar-refractivity contribution in [2.45, 2.75) is 213 Å². The molecular weight excluding hydrogens is 474 g/mol. The Hall–Kier alpha value is -0.0800. The van der Waals surface area contributed by atoms with Gasteiger partial charge in [0, 0.05) is 6.54 Å². The van der Waals surface area contributed by atoms with Gasteiger partial charge >= 0.3 is 0 Å². The van der Waals surface area contributed by atoms with Gasteiger partial charge in [-0.05, 0) is 25.9 Å². The van der Waals surface area contributed by atoms with E-state index in [1.54, 1.807) is 0 Å². The zero-order valence-electron chi connectivity index (χ0n) is 27.6. The second kappa shape index (κ2) is 35.9. The predicted octanol–water partition coefficient (Wildman–Crippen LogP) is 12.4. The fourth-order valence-corrected chi connectivity index (χ4v) is 6.07. The molecule has 1 N–H and O–H groups in total. The van der Waals surface area contributed by atoms with Crippen molar-refractivity contribution < 1.29 is 5.11 Å². The van der Waals surface area contributed by atoms with E-state index < -0.39 is 0 Å². The Morgan fingerprint density at radius 1 is 0.282 bits per heavy atom. The Kier molecular flexibility index (Phi) is 35.9.